The Morgan fingerprint density at radius 2 is 1.64 bits per heavy atom. The van der Waals surface area contributed by atoms with E-state index in [2.05, 4.69) is 5.32 Å². The van der Waals surface area contributed by atoms with Gasteiger partial charge in [0.25, 0.3) is 0 Å². The van der Waals surface area contributed by atoms with E-state index in [0.29, 0.717) is 0 Å². The Morgan fingerprint density at radius 3 is 2.16 bits per heavy atom. The molecule has 25 heavy (non-hydrogen) atoms. The number of halogens is 1. The van der Waals surface area contributed by atoms with Gasteiger partial charge in [-0.05, 0) is 22.3 Å². The van der Waals surface area contributed by atoms with E-state index in [1.807, 2.05) is 48.5 Å². The van der Waals surface area contributed by atoms with Crippen LogP contribution in [0, 0.1) is 0 Å². The number of ether oxygens (including phenoxy) is 1. The molecule has 1 amide bonds. The van der Waals surface area contributed by atoms with Gasteiger partial charge < -0.3 is 15.2 Å². The Bertz CT molecular complexity index is 747. The summed E-state index contributed by atoms with van der Waals surface area (Å²) >= 11 is 0. The zero-order valence-corrected chi connectivity index (χ0v) is 13.4. The molecule has 5 nitrogen and oxygen atoms in total. The van der Waals surface area contributed by atoms with Gasteiger partial charge >= 0.3 is 12.1 Å². The van der Waals surface area contributed by atoms with Gasteiger partial charge in [-0.25, -0.2) is 9.59 Å². The number of carboxylic acid groups (broad SMARTS) is 1. The van der Waals surface area contributed by atoms with Gasteiger partial charge in [0.15, 0.2) is 0 Å². The first-order chi connectivity index (χ1) is 12.1. The maximum absolute atomic E-state index is 12.4. The molecule has 1 atom stereocenters. The third kappa shape index (κ3) is 3.47. The van der Waals surface area contributed by atoms with Crippen molar-refractivity contribution in [2.45, 2.75) is 18.4 Å². The monoisotopic (exact) mass is 343 g/mol. The number of carbonyl (C=O) groups excluding carboxylic acids is 1. The molecule has 0 saturated heterocycles. The molecule has 0 aromatic heterocycles. The number of carbonyl (C=O) groups is 2. The number of nitrogens with one attached hydrogen (secondary N) is 1. The molecule has 0 radical (unpaired) electrons. The summed E-state index contributed by atoms with van der Waals surface area (Å²) in [4.78, 5) is 22.9. The number of alkyl carbamates (subject to hydrolysis) is 1. The van der Waals surface area contributed by atoms with Crippen LogP contribution in [0.4, 0.5) is 9.18 Å². The van der Waals surface area contributed by atoms with Crippen LogP contribution >= 0.6 is 0 Å². The molecule has 0 aliphatic heterocycles. The SMILES string of the molecule is O=C(N[C@H](CCF)C(=O)O)OCC1c2ccccc2-c2ccccc21. The lowest BCUT2D eigenvalue weighted by molar-refractivity contribution is -0.139. The van der Waals surface area contributed by atoms with Gasteiger partial charge in [0.05, 0.1) is 6.67 Å². The van der Waals surface area contributed by atoms with E-state index in [-0.39, 0.29) is 18.9 Å². The van der Waals surface area contributed by atoms with Crippen LogP contribution in [0.5, 0.6) is 0 Å². The number of benzene rings is 2. The molecule has 0 bridgehead atoms. The van der Waals surface area contributed by atoms with Crippen molar-refractivity contribution in [2.24, 2.45) is 0 Å². The number of aliphatic carboxylic acids is 1. The number of hydrogen-bond donors (Lipinski definition) is 2. The molecule has 1 aliphatic carbocycles. The Hall–Kier alpha value is -2.89. The highest BCUT2D eigenvalue weighted by atomic mass is 19.1. The fourth-order valence-electron chi connectivity index (χ4n) is 3.15. The van der Waals surface area contributed by atoms with Crippen LogP contribution in [0.1, 0.15) is 23.5 Å². The third-order valence-corrected chi connectivity index (χ3v) is 4.33. The molecule has 2 aromatic carbocycles. The number of amides is 1. The van der Waals surface area contributed by atoms with E-state index < -0.39 is 24.8 Å². The Morgan fingerprint density at radius 1 is 1.08 bits per heavy atom. The lowest BCUT2D eigenvalue weighted by atomic mass is 9.98. The summed E-state index contributed by atoms with van der Waals surface area (Å²) in [5.74, 6) is -1.39. The lowest BCUT2D eigenvalue weighted by Crippen LogP contribution is -2.41. The van der Waals surface area contributed by atoms with E-state index >= 15 is 0 Å². The second kappa shape index (κ2) is 7.34. The zero-order chi connectivity index (χ0) is 17.8. The van der Waals surface area contributed by atoms with Gasteiger partial charge in [-0.3, -0.25) is 4.39 Å². The molecule has 1 aliphatic rings. The summed E-state index contributed by atoms with van der Waals surface area (Å²) in [5.41, 5.74) is 4.34. The first-order valence-electron chi connectivity index (χ1n) is 8.02. The number of alkyl halides is 1. The second-order valence-corrected chi connectivity index (χ2v) is 5.84. The summed E-state index contributed by atoms with van der Waals surface area (Å²) in [7, 11) is 0. The van der Waals surface area contributed by atoms with Crippen molar-refractivity contribution in [3.05, 3.63) is 59.7 Å². The smallest absolute Gasteiger partial charge is 0.407 e. The maximum atomic E-state index is 12.4. The lowest BCUT2D eigenvalue weighted by Gasteiger charge is -2.16. The first kappa shape index (κ1) is 17.0. The van der Waals surface area contributed by atoms with E-state index in [9.17, 15) is 14.0 Å². The maximum Gasteiger partial charge on any atom is 0.407 e. The molecule has 0 saturated carbocycles. The fraction of sp³-hybridized carbons (Fsp3) is 0.263. The summed E-state index contributed by atoms with van der Waals surface area (Å²) in [6, 6.07) is 14.5. The molecule has 6 heteroatoms. The molecule has 0 unspecified atom stereocenters. The van der Waals surface area contributed by atoms with Gasteiger partial charge in [0, 0.05) is 12.3 Å². The summed E-state index contributed by atoms with van der Waals surface area (Å²) in [6.07, 6.45) is -1.15. The van der Waals surface area contributed by atoms with Crippen LogP contribution < -0.4 is 5.32 Å². The van der Waals surface area contributed by atoms with Gasteiger partial charge in [-0.15, -0.1) is 0 Å². The van der Waals surface area contributed by atoms with Crippen LogP contribution in [0.2, 0.25) is 0 Å². The fourth-order valence-corrected chi connectivity index (χ4v) is 3.15. The van der Waals surface area contributed by atoms with Gasteiger partial charge in [0.2, 0.25) is 0 Å². The standard InChI is InChI=1S/C19H18FNO4/c20-10-9-17(18(22)23)21-19(24)25-11-16-14-7-3-1-5-12(14)13-6-2-4-8-15(13)16/h1-8,16-17H,9-11H2,(H,21,24)(H,22,23)/t17-/m1/s1. The molecule has 0 fully saturated rings. The molecule has 130 valence electrons. The predicted molar refractivity (Wildman–Crippen MR) is 90.2 cm³/mol. The highest BCUT2D eigenvalue weighted by Crippen LogP contribution is 2.44. The highest BCUT2D eigenvalue weighted by Gasteiger charge is 2.29. The van der Waals surface area contributed by atoms with Crippen molar-refractivity contribution >= 4 is 12.1 Å². The number of fused-ring (bicyclic) bond motifs is 3. The Balaban J connectivity index is 1.71. The summed E-state index contributed by atoms with van der Waals surface area (Å²) in [5, 5.41) is 11.1. The van der Waals surface area contributed by atoms with E-state index in [1.54, 1.807) is 0 Å². The highest BCUT2D eigenvalue weighted by molar-refractivity contribution is 5.81. The molecule has 0 spiro atoms. The largest absolute Gasteiger partial charge is 0.480 e. The predicted octanol–water partition coefficient (Wildman–Crippen LogP) is 3.34. The third-order valence-electron chi connectivity index (χ3n) is 4.33. The molecule has 2 aromatic rings. The van der Waals surface area contributed by atoms with Crippen molar-refractivity contribution < 1.29 is 23.8 Å². The van der Waals surface area contributed by atoms with Crippen LogP contribution in [0.15, 0.2) is 48.5 Å². The van der Waals surface area contributed by atoms with Crippen LogP contribution in [0.25, 0.3) is 11.1 Å². The van der Waals surface area contributed by atoms with Crippen molar-refractivity contribution in [3.8, 4) is 11.1 Å². The van der Waals surface area contributed by atoms with Crippen LogP contribution in [0.3, 0.4) is 0 Å². The van der Waals surface area contributed by atoms with E-state index in [0.717, 1.165) is 22.3 Å². The van der Waals surface area contributed by atoms with Crippen molar-refractivity contribution in [1.29, 1.82) is 0 Å². The number of carboxylic acids is 1. The van der Waals surface area contributed by atoms with Crippen molar-refractivity contribution in [2.75, 3.05) is 13.3 Å². The zero-order valence-electron chi connectivity index (χ0n) is 13.4. The topological polar surface area (TPSA) is 75.6 Å². The van der Waals surface area contributed by atoms with E-state index in [1.165, 1.54) is 0 Å². The van der Waals surface area contributed by atoms with Crippen molar-refractivity contribution in [1.82, 2.24) is 5.32 Å². The molecule has 0 heterocycles. The van der Waals surface area contributed by atoms with E-state index in [4.69, 9.17) is 9.84 Å². The number of hydrogen-bond acceptors (Lipinski definition) is 3. The Labute approximate surface area is 144 Å². The molecule has 2 N–H and O–H groups in total. The van der Waals surface area contributed by atoms with Crippen LogP contribution in [-0.2, 0) is 9.53 Å². The van der Waals surface area contributed by atoms with Gasteiger partial charge in [0.1, 0.15) is 12.6 Å². The minimum atomic E-state index is -1.29. The summed E-state index contributed by atoms with van der Waals surface area (Å²) in [6.45, 7) is -0.748. The molecular formula is C19H18FNO4. The van der Waals surface area contributed by atoms with Crippen molar-refractivity contribution in [3.63, 3.8) is 0 Å². The quantitative estimate of drug-likeness (QED) is 0.843. The minimum Gasteiger partial charge on any atom is -0.480 e. The average molecular weight is 343 g/mol. The van der Waals surface area contributed by atoms with Gasteiger partial charge in [-0.2, -0.15) is 0 Å². The summed E-state index contributed by atoms with van der Waals surface area (Å²) < 4.78 is 17.6. The minimum absolute atomic E-state index is 0.0851. The average Bonchev–Trinajstić information content (AvgIpc) is 2.93. The van der Waals surface area contributed by atoms with Gasteiger partial charge in [-0.1, -0.05) is 48.5 Å². The normalized spacial score (nSPS) is 13.6. The number of rotatable bonds is 6. The first-order valence-corrected chi connectivity index (χ1v) is 8.02. The molecular weight excluding hydrogens is 325 g/mol. The molecule has 3 rings (SSSR count). The Kier molecular flexibility index (Phi) is 4.97. The van der Waals surface area contributed by atoms with Crippen LogP contribution in [-0.4, -0.2) is 36.5 Å². The second-order valence-electron chi connectivity index (χ2n) is 5.84.